The quantitative estimate of drug-likeness (QED) is 0.659. The van der Waals surface area contributed by atoms with E-state index in [2.05, 4.69) is 23.5 Å². The van der Waals surface area contributed by atoms with Crippen LogP contribution in [-0.2, 0) is 6.42 Å². The molecular weight excluding hydrogens is 148 g/mol. The molecule has 1 aromatic carbocycles. The van der Waals surface area contributed by atoms with E-state index in [-0.39, 0.29) is 6.04 Å². The second kappa shape index (κ2) is 2.79. The van der Waals surface area contributed by atoms with Crippen LogP contribution in [-0.4, -0.2) is 6.54 Å². The smallest absolute Gasteiger partial charge is 0.0421 e. The summed E-state index contributed by atoms with van der Waals surface area (Å²) in [6, 6.07) is 6.48. The summed E-state index contributed by atoms with van der Waals surface area (Å²) in [7, 11) is 0. The van der Waals surface area contributed by atoms with E-state index >= 15 is 0 Å². The van der Waals surface area contributed by atoms with Crippen LogP contribution < -0.4 is 11.1 Å². The van der Waals surface area contributed by atoms with Gasteiger partial charge < -0.3 is 11.1 Å². The first-order valence-corrected chi connectivity index (χ1v) is 4.40. The van der Waals surface area contributed by atoms with Crippen molar-refractivity contribution in [3.8, 4) is 0 Å². The van der Waals surface area contributed by atoms with Gasteiger partial charge in [0.25, 0.3) is 0 Å². The molecule has 0 spiro atoms. The van der Waals surface area contributed by atoms with Crippen LogP contribution in [0.15, 0.2) is 18.2 Å². The zero-order valence-electron chi connectivity index (χ0n) is 7.30. The summed E-state index contributed by atoms with van der Waals surface area (Å²) in [6.45, 7) is 3.08. The highest BCUT2D eigenvalue weighted by atomic mass is 14.9. The summed E-state index contributed by atoms with van der Waals surface area (Å²) in [5.41, 5.74) is 9.77. The van der Waals surface area contributed by atoms with Crippen LogP contribution >= 0.6 is 0 Å². The molecule has 1 aliphatic rings. The van der Waals surface area contributed by atoms with Gasteiger partial charge in [0.2, 0.25) is 0 Å². The minimum absolute atomic E-state index is 0.130. The van der Waals surface area contributed by atoms with Crippen LogP contribution in [0.1, 0.15) is 24.1 Å². The van der Waals surface area contributed by atoms with Crippen LogP contribution in [0, 0.1) is 0 Å². The fourth-order valence-corrected chi connectivity index (χ4v) is 1.75. The van der Waals surface area contributed by atoms with Crippen molar-refractivity contribution in [1.82, 2.24) is 0 Å². The maximum absolute atomic E-state index is 5.85. The third kappa shape index (κ3) is 1.08. The first-order chi connectivity index (χ1) is 5.79. The maximum atomic E-state index is 5.85. The highest BCUT2D eigenvalue weighted by molar-refractivity contribution is 5.61. The average Bonchev–Trinajstić information content (AvgIpc) is 2.49. The summed E-state index contributed by atoms with van der Waals surface area (Å²) < 4.78 is 0. The van der Waals surface area contributed by atoms with E-state index in [0.717, 1.165) is 13.0 Å². The molecule has 0 aromatic heterocycles. The molecule has 0 aliphatic carbocycles. The Bertz CT molecular complexity index is 292. The lowest BCUT2D eigenvalue weighted by Crippen LogP contribution is -2.07. The van der Waals surface area contributed by atoms with Crippen LogP contribution in [0.25, 0.3) is 0 Å². The molecule has 0 radical (unpaired) electrons. The van der Waals surface area contributed by atoms with Gasteiger partial charge in [-0.25, -0.2) is 0 Å². The van der Waals surface area contributed by atoms with Gasteiger partial charge in [-0.1, -0.05) is 18.2 Å². The Morgan fingerprint density at radius 2 is 2.33 bits per heavy atom. The Labute approximate surface area is 72.8 Å². The predicted molar refractivity (Wildman–Crippen MR) is 51.2 cm³/mol. The lowest BCUT2D eigenvalue weighted by atomic mass is 10.0. The van der Waals surface area contributed by atoms with Crippen molar-refractivity contribution in [3.63, 3.8) is 0 Å². The van der Waals surface area contributed by atoms with Crippen LogP contribution in [0.5, 0.6) is 0 Å². The number of hydrogen-bond acceptors (Lipinski definition) is 2. The van der Waals surface area contributed by atoms with Crippen molar-refractivity contribution in [1.29, 1.82) is 0 Å². The van der Waals surface area contributed by atoms with Gasteiger partial charge in [0.05, 0.1) is 0 Å². The number of nitrogens with two attached hydrogens (primary N) is 1. The monoisotopic (exact) mass is 162 g/mol. The second-order valence-electron chi connectivity index (χ2n) is 3.35. The molecule has 1 aromatic rings. The van der Waals surface area contributed by atoms with E-state index in [9.17, 15) is 0 Å². The molecule has 12 heavy (non-hydrogen) atoms. The van der Waals surface area contributed by atoms with Gasteiger partial charge in [0.15, 0.2) is 0 Å². The Hall–Kier alpha value is -1.02. The number of hydrogen-bond donors (Lipinski definition) is 2. The molecule has 0 amide bonds. The molecule has 1 aliphatic heterocycles. The van der Waals surface area contributed by atoms with Gasteiger partial charge in [-0.3, -0.25) is 0 Å². The third-order valence-electron chi connectivity index (χ3n) is 2.37. The minimum Gasteiger partial charge on any atom is -0.384 e. The standard InChI is InChI=1S/C10H14N2/c1-7(11)9-4-2-3-8-5-6-12-10(8)9/h2-4,7,12H,5-6,11H2,1H3. The summed E-state index contributed by atoms with van der Waals surface area (Å²) in [5, 5.41) is 3.37. The molecule has 0 saturated heterocycles. The lowest BCUT2D eigenvalue weighted by molar-refractivity contribution is 0.820. The first-order valence-electron chi connectivity index (χ1n) is 4.40. The summed E-state index contributed by atoms with van der Waals surface area (Å²) in [6.07, 6.45) is 1.13. The third-order valence-corrected chi connectivity index (χ3v) is 2.37. The molecule has 3 N–H and O–H groups in total. The van der Waals surface area contributed by atoms with E-state index in [1.807, 2.05) is 6.92 Å². The Kier molecular flexibility index (Phi) is 1.77. The SMILES string of the molecule is CC(N)c1cccc2c1NCC2. The Morgan fingerprint density at radius 1 is 1.50 bits per heavy atom. The van der Waals surface area contributed by atoms with Crippen molar-refractivity contribution in [3.05, 3.63) is 29.3 Å². The number of nitrogens with one attached hydrogen (secondary N) is 1. The molecule has 0 bridgehead atoms. The highest BCUT2D eigenvalue weighted by Gasteiger charge is 2.14. The van der Waals surface area contributed by atoms with E-state index in [1.165, 1.54) is 16.8 Å². The number of fused-ring (bicyclic) bond motifs is 1. The van der Waals surface area contributed by atoms with Crippen molar-refractivity contribution < 1.29 is 0 Å². The molecular formula is C10H14N2. The van der Waals surface area contributed by atoms with Crippen molar-refractivity contribution >= 4 is 5.69 Å². The van der Waals surface area contributed by atoms with E-state index in [0.29, 0.717) is 0 Å². The predicted octanol–water partition coefficient (Wildman–Crippen LogP) is 1.67. The van der Waals surface area contributed by atoms with Crippen molar-refractivity contribution in [2.45, 2.75) is 19.4 Å². The molecule has 1 atom stereocenters. The Morgan fingerprint density at radius 3 is 3.08 bits per heavy atom. The average molecular weight is 162 g/mol. The zero-order valence-corrected chi connectivity index (χ0v) is 7.30. The fraction of sp³-hybridized carbons (Fsp3) is 0.400. The maximum Gasteiger partial charge on any atom is 0.0421 e. The second-order valence-corrected chi connectivity index (χ2v) is 3.35. The molecule has 0 fully saturated rings. The number of anilines is 1. The van der Waals surface area contributed by atoms with Crippen LogP contribution in [0.2, 0.25) is 0 Å². The summed E-state index contributed by atoms with van der Waals surface area (Å²) in [4.78, 5) is 0. The van der Waals surface area contributed by atoms with Gasteiger partial charge >= 0.3 is 0 Å². The number of benzene rings is 1. The largest absolute Gasteiger partial charge is 0.384 e. The number of rotatable bonds is 1. The van der Waals surface area contributed by atoms with Crippen LogP contribution in [0.4, 0.5) is 5.69 Å². The van der Waals surface area contributed by atoms with Crippen molar-refractivity contribution in [2.24, 2.45) is 5.73 Å². The topological polar surface area (TPSA) is 38.0 Å². The van der Waals surface area contributed by atoms with E-state index in [1.54, 1.807) is 0 Å². The highest BCUT2D eigenvalue weighted by Crippen LogP contribution is 2.29. The summed E-state index contributed by atoms with van der Waals surface area (Å²) >= 11 is 0. The molecule has 2 heteroatoms. The Balaban J connectivity index is 2.49. The van der Waals surface area contributed by atoms with Gasteiger partial charge in [0.1, 0.15) is 0 Å². The minimum atomic E-state index is 0.130. The van der Waals surface area contributed by atoms with Crippen LogP contribution in [0.3, 0.4) is 0 Å². The molecule has 1 unspecified atom stereocenters. The zero-order chi connectivity index (χ0) is 8.55. The molecule has 2 nitrogen and oxygen atoms in total. The molecule has 2 rings (SSSR count). The van der Waals surface area contributed by atoms with Gasteiger partial charge in [-0.15, -0.1) is 0 Å². The lowest BCUT2D eigenvalue weighted by Gasteiger charge is -2.11. The van der Waals surface area contributed by atoms with Crippen molar-refractivity contribution in [2.75, 3.05) is 11.9 Å². The summed E-state index contributed by atoms with van der Waals surface area (Å²) in [5.74, 6) is 0. The van der Waals surface area contributed by atoms with E-state index in [4.69, 9.17) is 5.73 Å². The fourth-order valence-electron chi connectivity index (χ4n) is 1.75. The molecule has 64 valence electrons. The van der Waals surface area contributed by atoms with Gasteiger partial charge in [-0.2, -0.15) is 0 Å². The normalized spacial score (nSPS) is 16.8. The van der Waals surface area contributed by atoms with E-state index < -0.39 is 0 Å². The number of para-hydroxylation sites is 1. The molecule has 0 saturated carbocycles. The van der Waals surface area contributed by atoms with Gasteiger partial charge in [0, 0.05) is 18.3 Å². The van der Waals surface area contributed by atoms with Gasteiger partial charge in [-0.05, 0) is 24.5 Å². The molecule has 1 heterocycles. The first kappa shape index (κ1) is 7.62.